The molecule has 0 bridgehead atoms. The molecule has 0 unspecified atom stereocenters. The second-order valence-corrected chi connectivity index (χ2v) is 6.72. The van der Waals surface area contributed by atoms with E-state index in [1.807, 2.05) is 18.2 Å². The van der Waals surface area contributed by atoms with Crippen molar-refractivity contribution in [1.82, 2.24) is 4.98 Å². The van der Waals surface area contributed by atoms with Gasteiger partial charge in [-0.25, -0.2) is 4.98 Å². The molecule has 1 aliphatic rings. The first-order chi connectivity index (χ1) is 11.8. The van der Waals surface area contributed by atoms with Crippen molar-refractivity contribution >= 4 is 44.4 Å². The van der Waals surface area contributed by atoms with Crippen molar-refractivity contribution in [3.8, 4) is 0 Å². The second-order valence-electron chi connectivity index (χ2n) is 5.71. The van der Waals surface area contributed by atoms with Gasteiger partial charge in [-0.3, -0.25) is 4.79 Å². The number of aromatic nitrogens is 1. The van der Waals surface area contributed by atoms with Gasteiger partial charge in [0, 0.05) is 24.9 Å². The number of benzene rings is 1. The Hall–Kier alpha value is -2.60. The van der Waals surface area contributed by atoms with Crippen molar-refractivity contribution in [2.45, 2.75) is 12.8 Å². The van der Waals surface area contributed by atoms with Crippen molar-refractivity contribution in [3.05, 3.63) is 48.4 Å². The molecule has 24 heavy (non-hydrogen) atoms. The molecule has 122 valence electrons. The van der Waals surface area contributed by atoms with Crippen LogP contribution in [0.3, 0.4) is 0 Å². The van der Waals surface area contributed by atoms with Crippen LogP contribution in [0.25, 0.3) is 16.3 Å². The molecule has 1 aromatic carbocycles. The molecule has 1 aliphatic heterocycles. The Morgan fingerprint density at radius 2 is 2.17 bits per heavy atom. The topological polar surface area (TPSA) is 58.4 Å². The predicted octanol–water partition coefficient (Wildman–Crippen LogP) is 4.14. The Bertz CT molecular complexity index is 877. The van der Waals surface area contributed by atoms with Crippen LogP contribution >= 0.6 is 11.3 Å². The lowest BCUT2D eigenvalue weighted by atomic mass is 10.3. The smallest absolute Gasteiger partial charge is 0.248 e. The number of furan rings is 1. The lowest BCUT2D eigenvalue weighted by Gasteiger charge is -2.11. The minimum atomic E-state index is -0.185. The standard InChI is InChI=1S/C18H17N3O2S/c22-17(8-6-14-4-3-11-23-14)19-13-5-7-15-16(12-13)24-18(20-15)21-9-1-2-10-21/h3-8,11-12H,1-2,9-10H2,(H,19,22). The number of carbonyl (C=O) groups excluding carboxylic acids is 1. The average molecular weight is 339 g/mol. The first kappa shape index (κ1) is 15.0. The van der Waals surface area contributed by atoms with Crippen molar-refractivity contribution in [2.75, 3.05) is 23.3 Å². The first-order valence-electron chi connectivity index (χ1n) is 7.96. The fraction of sp³-hybridized carbons (Fsp3) is 0.222. The number of anilines is 2. The van der Waals surface area contributed by atoms with Gasteiger partial charge in [-0.1, -0.05) is 11.3 Å². The lowest BCUT2D eigenvalue weighted by Crippen LogP contribution is -2.16. The maximum absolute atomic E-state index is 12.0. The normalized spacial score (nSPS) is 14.8. The van der Waals surface area contributed by atoms with Gasteiger partial charge in [0.15, 0.2) is 5.13 Å². The van der Waals surface area contributed by atoms with Crippen molar-refractivity contribution in [3.63, 3.8) is 0 Å². The molecule has 1 amide bonds. The Morgan fingerprint density at radius 3 is 2.96 bits per heavy atom. The largest absolute Gasteiger partial charge is 0.465 e. The summed E-state index contributed by atoms with van der Waals surface area (Å²) in [5.74, 6) is 0.466. The summed E-state index contributed by atoms with van der Waals surface area (Å²) in [5.41, 5.74) is 1.75. The first-order valence-corrected chi connectivity index (χ1v) is 8.78. The number of nitrogens with one attached hydrogen (secondary N) is 1. The number of hydrogen-bond acceptors (Lipinski definition) is 5. The summed E-state index contributed by atoms with van der Waals surface area (Å²) in [6, 6.07) is 9.40. The van der Waals surface area contributed by atoms with E-state index in [0.717, 1.165) is 34.1 Å². The van der Waals surface area contributed by atoms with Gasteiger partial charge in [-0.2, -0.15) is 0 Å². The SMILES string of the molecule is O=C(C=Cc1ccco1)Nc1ccc2nc(N3CCCC3)sc2c1. The number of hydrogen-bond donors (Lipinski definition) is 1. The third-order valence-electron chi connectivity index (χ3n) is 3.96. The van der Waals surface area contributed by atoms with Gasteiger partial charge in [0.2, 0.25) is 5.91 Å². The highest BCUT2D eigenvalue weighted by Crippen LogP contribution is 2.32. The van der Waals surface area contributed by atoms with E-state index in [2.05, 4.69) is 10.2 Å². The summed E-state index contributed by atoms with van der Waals surface area (Å²) in [6.45, 7) is 2.17. The highest BCUT2D eigenvalue weighted by Gasteiger charge is 2.16. The van der Waals surface area contributed by atoms with E-state index in [0.29, 0.717) is 5.76 Å². The molecule has 3 aromatic rings. The van der Waals surface area contributed by atoms with Gasteiger partial charge >= 0.3 is 0 Å². The third-order valence-corrected chi connectivity index (χ3v) is 5.04. The van der Waals surface area contributed by atoms with Crippen LogP contribution in [0.1, 0.15) is 18.6 Å². The Labute approximate surface area is 143 Å². The molecule has 0 saturated carbocycles. The quantitative estimate of drug-likeness (QED) is 0.726. The second kappa shape index (κ2) is 6.49. The van der Waals surface area contributed by atoms with Crippen LogP contribution in [0, 0.1) is 0 Å². The summed E-state index contributed by atoms with van der Waals surface area (Å²) in [4.78, 5) is 19.0. The van der Waals surface area contributed by atoms with E-state index in [1.54, 1.807) is 35.8 Å². The number of amides is 1. The van der Waals surface area contributed by atoms with E-state index < -0.39 is 0 Å². The number of fused-ring (bicyclic) bond motifs is 1. The fourth-order valence-corrected chi connectivity index (χ4v) is 3.82. The summed E-state index contributed by atoms with van der Waals surface area (Å²) in [7, 11) is 0. The van der Waals surface area contributed by atoms with Crippen LogP contribution in [0.5, 0.6) is 0 Å². The molecule has 0 atom stereocenters. The van der Waals surface area contributed by atoms with Crippen molar-refractivity contribution < 1.29 is 9.21 Å². The summed E-state index contributed by atoms with van der Waals surface area (Å²) < 4.78 is 6.25. The Morgan fingerprint density at radius 1 is 1.29 bits per heavy atom. The highest BCUT2D eigenvalue weighted by atomic mass is 32.1. The van der Waals surface area contributed by atoms with Crippen molar-refractivity contribution in [2.24, 2.45) is 0 Å². The van der Waals surface area contributed by atoms with Crippen LogP contribution in [0.2, 0.25) is 0 Å². The summed E-state index contributed by atoms with van der Waals surface area (Å²) >= 11 is 1.68. The van der Waals surface area contributed by atoms with Crippen LogP contribution < -0.4 is 10.2 Å². The van der Waals surface area contributed by atoms with Crippen molar-refractivity contribution in [1.29, 1.82) is 0 Å². The van der Waals surface area contributed by atoms with E-state index in [-0.39, 0.29) is 5.91 Å². The van der Waals surface area contributed by atoms with Gasteiger partial charge in [0.05, 0.1) is 16.5 Å². The van der Waals surface area contributed by atoms with Crippen LogP contribution in [0.4, 0.5) is 10.8 Å². The molecule has 6 heteroatoms. The molecular weight excluding hydrogens is 322 g/mol. The monoisotopic (exact) mass is 339 g/mol. The molecule has 3 heterocycles. The third kappa shape index (κ3) is 3.19. The zero-order valence-corrected chi connectivity index (χ0v) is 13.9. The lowest BCUT2D eigenvalue weighted by molar-refractivity contribution is -0.111. The van der Waals surface area contributed by atoms with Gasteiger partial charge < -0.3 is 14.6 Å². The Balaban J connectivity index is 1.49. The zero-order valence-electron chi connectivity index (χ0n) is 13.1. The van der Waals surface area contributed by atoms with E-state index in [9.17, 15) is 4.79 Å². The highest BCUT2D eigenvalue weighted by molar-refractivity contribution is 7.22. The maximum Gasteiger partial charge on any atom is 0.248 e. The zero-order chi connectivity index (χ0) is 16.4. The molecule has 0 spiro atoms. The summed E-state index contributed by atoms with van der Waals surface area (Å²) in [5, 5.41) is 3.95. The molecular formula is C18H17N3O2S. The molecule has 5 nitrogen and oxygen atoms in total. The molecule has 0 radical (unpaired) electrons. The molecule has 1 N–H and O–H groups in total. The molecule has 2 aromatic heterocycles. The number of nitrogens with zero attached hydrogens (tertiary/aromatic N) is 2. The molecule has 4 rings (SSSR count). The fourth-order valence-electron chi connectivity index (χ4n) is 2.76. The maximum atomic E-state index is 12.0. The van der Waals surface area contributed by atoms with Gasteiger partial charge in [-0.05, 0) is 49.2 Å². The van der Waals surface area contributed by atoms with Crippen LogP contribution in [-0.4, -0.2) is 24.0 Å². The Kier molecular flexibility index (Phi) is 4.04. The van der Waals surface area contributed by atoms with Gasteiger partial charge in [0.1, 0.15) is 5.76 Å². The van der Waals surface area contributed by atoms with E-state index in [4.69, 9.17) is 9.40 Å². The van der Waals surface area contributed by atoms with Gasteiger partial charge in [-0.15, -0.1) is 0 Å². The van der Waals surface area contributed by atoms with E-state index in [1.165, 1.54) is 18.9 Å². The van der Waals surface area contributed by atoms with Crippen LogP contribution in [0.15, 0.2) is 47.1 Å². The minimum absolute atomic E-state index is 0.185. The molecule has 1 fully saturated rings. The predicted molar refractivity (Wildman–Crippen MR) is 97.4 cm³/mol. The molecule has 0 aliphatic carbocycles. The van der Waals surface area contributed by atoms with E-state index >= 15 is 0 Å². The minimum Gasteiger partial charge on any atom is -0.465 e. The van der Waals surface area contributed by atoms with Crippen LogP contribution in [-0.2, 0) is 4.79 Å². The number of thiazole rings is 1. The van der Waals surface area contributed by atoms with Gasteiger partial charge in [0.25, 0.3) is 0 Å². The average Bonchev–Trinajstić information content (AvgIpc) is 3.32. The number of carbonyl (C=O) groups is 1. The molecule has 1 saturated heterocycles. The number of rotatable bonds is 4. The summed E-state index contributed by atoms with van der Waals surface area (Å²) in [6.07, 6.45) is 7.16.